The summed E-state index contributed by atoms with van der Waals surface area (Å²) in [5.41, 5.74) is 1.82. The van der Waals surface area contributed by atoms with Crippen LogP contribution >= 0.6 is 0 Å². The van der Waals surface area contributed by atoms with Gasteiger partial charge in [0.25, 0.3) is 0 Å². The van der Waals surface area contributed by atoms with Crippen molar-refractivity contribution >= 4 is 5.97 Å². The number of hydrogen-bond acceptors (Lipinski definition) is 3. The van der Waals surface area contributed by atoms with Crippen molar-refractivity contribution in [1.29, 1.82) is 0 Å². The van der Waals surface area contributed by atoms with Gasteiger partial charge in [0.15, 0.2) is 0 Å². The first-order valence-electron chi connectivity index (χ1n) is 5.29. The van der Waals surface area contributed by atoms with Crippen LogP contribution in [0.2, 0.25) is 0 Å². The fourth-order valence-corrected chi connectivity index (χ4v) is 1.76. The molecule has 1 N–H and O–H groups in total. The molecular formula is C12H15NO2. The Labute approximate surface area is 89.4 Å². The molecule has 0 aromatic heterocycles. The fraction of sp³-hybridized carbons (Fsp3) is 0.417. The maximum absolute atomic E-state index is 11.7. The zero-order chi connectivity index (χ0) is 10.7. The van der Waals surface area contributed by atoms with Crippen molar-refractivity contribution in [1.82, 2.24) is 5.32 Å². The minimum Gasteiger partial charge on any atom is -0.462 e. The van der Waals surface area contributed by atoms with Gasteiger partial charge < -0.3 is 10.1 Å². The fourth-order valence-electron chi connectivity index (χ4n) is 1.76. The maximum atomic E-state index is 11.7. The summed E-state index contributed by atoms with van der Waals surface area (Å²) in [6.07, 6.45) is 0. The molecule has 1 saturated heterocycles. The van der Waals surface area contributed by atoms with E-state index in [0.717, 1.165) is 18.7 Å². The minimum atomic E-state index is -0.208. The molecule has 1 aromatic rings. The van der Waals surface area contributed by atoms with Gasteiger partial charge >= 0.3 is 5.97 Å². The molecule has 0 bridgehead atoms. The van der Waals surface area contributed by atoms with Crippen LogP contribution < -0.4 is 5.32 Å². The first-order valence-corrected chi connectivity index (χ1v) is 5.29. The number of hydrogen-bond donors (Lipinski definition) is 1. The molecule has 0 unspecified atom stereocenters. The Morgan fingerprint density at radius 3 is 2.80 bits per heavy atom. The van der Waals surface area contributed by atoms with E-state index in [-0.39, 0.29) is 5.97 Å². The number of esters is 1. The number of rotatable bonds is 3. The molecule has 0 saturated carbocycles. The molecule has 2 rings (SSSR count). The third-order valence-electron chi connectivity index (χ3n) is 2.68. The summed E-state index contributed by atoms with van der Waals surface area (Å²) in [6.45, 7) is 4.16. The summed E-state index contributed by atoms with van der Waals surface area (Å²) >= 11 is 0. The maximum Gasteiger partial charge on any atom is 0.338 e. The van der Waals surface area contributed by atoms with Crippen LogP contribution in [0.3, 0.4) is 0 Å². The average molecular weight is 205 g/mol. The van der Waals surface area contributed by atoms with Gasteiger partial charge in [-0.15, -0.1) is 0 Å². The van der Waals surface area contributed by atoms with E-state index in [1.807, 2.05) is 31.2 Å². The molecule has 1 aromatic carbocycles. The van der Waals surface area contributed by atoms with Crippen LogP contribution in [-0.4, -0.2) is 25.7 Å². The van der Waals surface area contributed by atoms with Crippen LogP contribution in [0.5, 0.6) is 0 Å². The summed E-state index contributed by atoms with van der Waals surface area (Å²) in [5, 5.41) is 3.21. The van der Waals surface area contributed by atoms with E-state index >= 15 is 0 Å². The second-order valence-corrected chi connectivity index (χ2v) is 3.66. The summed E-state index contributed by atoms with van der Waals surface area (Å²) in [5.74, 6) is 0.255. The molecule has 0 atom stereocenters. The number of carbonyl (C=O) groups is 1. The average Bonchev–Trinajstić information content (AvgIpc) is 2.16. The third kappa shape index (κ3) is 2.02. The topological polar surface area (TPSA) is 38.3 Å². The quantitative estimate of drug-likeness (QED) is 0.761. The predicted octanol–water partition coefficient (Wildman–Crippen LogP) is 1.55. The Morgan fingerprint density at radius 1 is 1.47 bits per heavy atom. The minimum absolute atomic E-state index is 0.208. The van der Waals surface area contributed by atoms with Crippen LogP contribution in [0.4, 0.5) is 0 Å². The van der Waals surface area contributed by atoms with Crippen molar-refractivity contribution in [3.8, 4) is 0 Å². The van der Waals surface area contributed by atoms with Crippen LogP contribution in [0.1, 0.15) is 28.8 Å². The number of nitrogens with one attached hydrogen (secondary N) is 1. The molecule has 1 aliphatic rings. The molecule has 80 valence electrons. The Morgan fingerprint density at radius 2 is 2.20 bits per heavy atom. The lowest BCUT2D eigenvalue weighted by molar-refractivity contribution is 0.0524. The van der Waals surface area contributed by atoms with Crippen LogP contribution in [0, 0.1) is 0 Å². The normalized spacial score (nSPS) is 15.8. The summed E-state index contributed by atoms with van der Waals surface area (Å²) in [4.78, 5) is 11.7. The van der Waals surface area contributed by atoms with Gasteiger partial charge in [-0.25, -0.2) is 4.79 Å². The van der Waals surface area contributed by atoms with Gasteiger partial charge in [0.05, 0.1) is 12.2 Å². The summed E-state index contributed by atoms with van der Waals surface area (Å²) < 4.78 is 5.03. The molecule has 3 heteroatoms. The van der Waals surface area contributed by atoms with Gasteiger partial charge in [-0.2, -0.15) is 0 Å². The van der Waals surface area contributed by atoms with Crippen molar-refractivity contribution < 1.29 is 9.53 Å². The Kier molecular flexibility index (Phi) is 3.02. The lowest BCUT2D eigenvalue weighted by Crippen LogP contribution is -2.40. The zero-order valence-corrected chi connectivity index (χ0v) is 8.82. The van der Waals surface area contributed by atoms with E-state index in [9.17, 15) is 4.79 Å². The monoisotopic (exact) mass is 205 g/mol. The van der Waals surface area contributed by atoms with Gasteiger partial charge in [0.1, 0.15) is 0 Å². The van der Waals surface area contributed by atoms with Gasteiger partial charge in [-0.3, -0.25) is 0 Å². The first kappa shape index (κ1) is 10.2. The van der Waals surface area contributed by atoms with Crippen LogP contribution in [-0.2, 0) is 4.74 Å². The Hall–Kier alpha value is -1.35. The molecule has 0 aliphatic carbocycles. The largest absolute Gasteiger partial charge is 0.462 e. The summed E-state index contributed by atoms with van der Waals surface area (Å²) in [6, 6.07) is 7.70. The zero-order valence-electron chi connectivity index (χ0n) is 8.82. The van der Waals surface area contributed by atoms with E-state index < -0.39 is 0 Å². The molecule has 1 fully saturated rings. The highest BCUT2D eigenvalue weighted by Crippen LogP contribution is 2.23. The third-order valence-corrected chi connectivity index (χ3v) is 2.68. The molecular weight excluding hydrogens is 190 g/mol. The second kappa shape index (κ2) is 4.45. The van der Waals surface area contributed by atoms with Crippen molar-refractivity contribution in [3.63, 3.8) is 0 Å². The SMILES string of the molecule is CCOC(=O)c1ccccc1C1CNC1. The number of ether oxygens (including phenoxy) is 1. The lowest BCUT2D eigenvalue weighted by Gasteiger charge is -2.28. The van der Waals surface area contributed by atoms with Gasteiger partial charge in [-0.1, -0.05) is 18.2 Å². The van der Waals surface area contributed by atoms with Gasteiger partial charge in [-0.05, 0) is 18.6 Å². The molecule has 1 aliphatic heterocycles. The van der Waals surface area contributed by atoms with Crippen molar-refractivity contribution in [2.75, 3.05) is 19.7 Å². The standard InChI is InChI=1S/C12H15NO2/c1-2-15-12(14)11-6-4-3-5-10(11)9-7-13-8-9/h3-6,9,13H,2,7-8H2,1H3. The van der Waals surface area contributed by atoms with E-state index in [2.05, 4.69) is 5.32 Å². The van der Waals surface area contributed by atoms with E-state index in [0.29, 0.717) is 18.1 Å². The number of carbonyl (C=O) groups excluding carboxylic acids is 1. The molecule has 0 spiro atoms. The highest BCUT2D eigenvalue weighted by Gasteiger charge is 2.24. The lowest BCUT2D eigenvalue weighted by atomic mass is 9.90. The van der Waals surface area contributed by atoms with E-state index in [1.165, 1.54) is 0 Å². The van der Waals surface area contributed by atoms with Crippen molar-refractivity contribution in [2.24, 2.45) is 0 Å². The van der Waals surface area contributed by atoms with E-state index in [4.69, 9.17) is 4.74 Å². The Balaban J connectivity index is 2.24. The van der Waals surface area contributed by atoms with Gasteiger partial charge in [0.2, 0.25) is 0 Å². The molecule has 15 heavy (non-hydrogen) atoms. The number of benzene rings is 1. The highest BCUT2D eigenvalue weighted by atomic mass is 16.5. The molecule has 3 nitrogen and oxygen atoms in total. The Bertz CT molecular complexity index is 358. The van der Waals surface area contributed by atoms with Crippen LogP contribution in [0.25, 0.3) is 0 Å². The van der Waals surface area contributed by atoms with E-state index in [1.54, 1.807) is 0 Å². The first-order chi connectivity index (χ1) is 7.33. The highest BCUT2D eigenvalue weighted by molar-refractivity contribution is 5.91. The smallest absolute Gasteiger partial charge is 0.338 e. The second-order valence-electron chi connectivity index (χ2n) is 3.66. The predicted molar refractivity (Wildman–Crippen MR) is 58.0 cm³/mol. The van der Waals surface area contributed by atoms with Crippen LogP contribution in [0.15, 0.2) is 24.3 Å². The molecule has 0 amide bonds. The summed E-state index contributed by atoms with van der Waals surface area (Å²) in [7, 11) is 0. The molecule has 0 radical (unpaired) electrons. The van der Waals surface area contributed by atoms with Crippen molar-refractivity contribution in [2.45, 2.75) is 12.8 Å². The van der Waals surface area contributed by atoms with Gasteiger partial charge in [0, 0.05) is 19.0 Å². The van der Waals surface area contributed by atoms with Crippen molar-refractivity contribution in [3.05, 3.63) is 35.4 Å². The molecule has 1 heterocycles.